The number of hydrogen-bond acceptors (Lipinski definition) is 3. The molecule has 2 rings (SSSR count). The van der Waals surface area contributed by atoms with Crippen LogP contribution in [-0.4, -0.2) is 11.1 Å². The molecule has 1 heterocycles. The fourth-order valence-corrected chi connectivity index (χ4v) is 3.48. The molecular formula is C14H11ClO2S2. The summed E-state index contributed by atoms with van der Waals surface area (Å²) < 4.78 is 0. The summed E-state index contributed by atoms with van der Waals surface area (Å²) in [6, 6.07) is 9.62. The first-order valence-electron chi connectivity index (χ1n) is 5.51. The Morgan fingerprint density at radius 2 is 2.05 bits per heavy atom. The van der Waals surface area contributed by atoms with Crippen molar-refractivity contribution in [2.24, 2.45) is 0 Å². The predicted molar refractivity (Wildman–Crippen MR) is 82.0 cm³/mol. The lowest BCUT2D eigenvalue weighted by molar-refractivity contribution is -0.131. The SMILES string of the molecule is O=C(O)C=Cc1ccsc1CSc1ccc(Cl)cc1. The number of carboxylic acid groups (broad SMARTS) is 1. The van der Waals surface area contributed by atoms with E-state index in [0.717, 1.165) is 26.1 Å². The number of thioether (sulfide) groups is 1. The summed E-state index contributed by atoms with van der Waals surface area (Å²) >= 11 is 9.17. The second kappa shape index (κ2) is 6.80. The minimum Gasteiger partial charge on any atom is -0.478 e. The van der Waals surface area contributed by atoms with Gasteiger partial charge >= 0.3 is 5.97 Å². The number of thiophene rings is 1. The maximum absolute atomic E-state index is 10.5. The van der Waals surface area contributed by atoms with E-state index >= 15 is 0 Å². The highest BCUT2D eigenvalue weighted by atomic mass is 35.5. The standard InChI is InChI=1S/C14H11ClO2S2/c15-11-2-4-12(5-3-11)19-9-13-10(7-8-18-13)1-6-14(16)17/h1-8H,9H2,(H,16,17). The first kappa shape index (κ1) is 14.2. The van der Waals surface area contributed by atoms with Gasteiger partial charge in [-0.05, 0) is 47.4 Å². The van der Waals surface area contributed by atoms with Crippen molar-refractivity contribution < 1.29 is 9.90 Å². The van der Waals surface area contributed by atoms with Crippen molar-refractivity contribution in [3.05, 3.63) is 57.3 Å². The van der Waals surface area contributed by atoms with Gasteiger partial charge in [-0.1, -0.05) is 11.6 Å². The molecule has 0 saturated carbocycles. The maximum atomic E-state index is 10.5. The average Bonchev–Trinajstić information content (AvgIpc) is 2.83. The van der Waals surface area contributed by atoms with Gasteiger partial charge in [0, 0.05) is 26.6 Å². The molecule has 5 heteroatoms. The molecule has 0 unspecified atom stereocenters. The zero-order chi connectivity index (χ0) is 13.7. The molecule has 0 aliphatic heterocycles. The third-order valence-corrected chi connectivity index (χ3v) is 4.78. The molecule has 0 aliphatic carbocycles. The van der Waals surface area contributed by atoms with Crippen LogP contribution in [0.3, 0.4) is 0 Å². The monoisotopic (exact) mass is 310 g/mol. The molecule has 0 fully saturated rings. The van der Waals surface area contributed by atoms with Gasteiger partial charge in [-0.15, -0.1) is 23.1 Å². The van der Waals surface area contributed by atoms with Crippen molar-refractivity contribution in [3.63, 3.8) is 0 Å². The Bertz CT molecular complexity index is 588. The highest BCUT2D eigenvalue weighted by molar-refractivity contribution is 7.98. The van der Waals surface area contributed by atoms with Crippen LogP contribution in [-0.2, 0) is 10.5 Å². The van der Waals surface area contributed by atoms with Crippen LogP contribution in [0.5, 0.6) is 0 Å². The summed E-state index contributed by atoms with van der Waals surface area (Å²) in [5.74, 6) is -0.110. The largest absolute Gasteiger partial charge is 0.478 e. The number of hydrogen-bond donors (Lipinski definition) is 1. The summed E-state index contributed by atoms with van der Waals surface area (Å²) in [5.41, 5.74) is 0.967. The number of halogens is 1. The number of carbonyl (C=O) groups is 1. The Labute approximate surface area is 124 Å². The Kier molecular flexibility index (Phi) is 5.07. The van der Waals surface area contributed by atoms with Crippen LogP contribution in [0, 0.1) is 0 Å². The van der Waals surface area contributed by atoms with Crippen LogP contribution in [0.2, 0.25) is 5.02 Å². The average molecular weight is 311 g/mol. The Balaban J connectivity index is 2.02. The van der Waals surface area contributed by atoms with Gasteiger partial charge in [0.25, 0.3) is 0 Å². The summed E-state index contributed by atoms with van der Waals surface area (Å²) in [6.45, 7) is 0. The highest BCUT2D eigenvalue weighted by Crippen LogP contribution is 2.29. The van der Waals surface area contributed by atoms with Crippen LogP contribution in [0.1, 0.15) is 10.4 Å². The van der Waals surface area contributed by atoms with Gasteiger partial charge in [0.2, 0.25) is 0 Å². The van der Waals surface area contributed by atoms with Gasteiger partial charge in [-0.3, -0.25) is 0 Å². The molecule has 0 bridgehead atoms. The van der Waals surface area contributed by atoms with Crippen LogP contribution >= 0.6 is 34.7 Å². The molecule has 2 aromatic rings. The number of aliphatic carboxylic acids is 1. The molecule has 0 amide bonds. The number of carboxylic acids is 1. The topological polar surface area (TPSA) is 37.3 Å². The molecule has 19 heavy (non-hydrogen) atoms. The molecule has 0 radical (unpaired) electrons. The van der Waals surface area contributed by atoms with E-state index in [2.05, 4.69) is 0 Å². The predicted octanol–water partition coefficient (Wildman–Crippen LogP) is 4.79. The van der Waals surface area contributed by atoms with Gasteiger partial charge in [-0.2, -0.15) is 0 Å². The van der Waals surface area contributed by atoms with E-state index < -0.39 is 5.97 Å². The first-order valence-corrected chi connectivity index (χ1v) is 7.75. The zero-order valence-corrected chi connectivity index (χ0v) is 12.3. The molecule has 0 aliphatic rings. The molecule has 1 N–H and O–H groups in total. The second-order valence-corrected chi connectivity index (χ2v) is 6.20. The van der Waals surface area contributed by atoms with Crippen molar-refractivity contribution >= 4 is 46.7 Å². The molecule has 0 saturated heterocycles. The maximum Gasteiger partial charge on any atom is 0.328 e. The van der Waals surface area contributed by atoms with Crippen molar-refractivity contribution in [1.82, 2.24) is 0 Å². The van der Waals surface area contributed by atoms with Crippen molar-refractivity contribution in [1.29, 1.82) is 0 Å². The fourth-order valence-electron chi connectivity index (χ4n) is 1.46. The normalized spacial score (nSPS) is 11.0. The molecule has 0 atom stereocenters. The van der Waals surface area contributed by atoms with E-state index in [9.17, 15) is 4.79 Å². The lowest BCUT2D eigenvalue weighted by Gasteiger charge is -2.01. The molecule has 0 spiro atoms. The van der Waals surface area contributed by atoms with Crippen LogP contribution in [0.25, 0.3) is 6.08 Å². The van der Waals surface area contributed by atoms with E-state index in [4.69, 9.17) is 16.7 Å². The Hall–Kier alpha value is -1.23. The van der Waals surface area contributed by atoms with Gasteiger partial charge in [0.15, 0.2) is 0 Å². The smallest absolute Gasteiger partial charge is 0.328 e. The summed E-state index contributed by atoms with van der Waals surface area (Å²) in [5, 5.41) is 11.3. The second-order valence-electron chi connectivity index (χ2n) is 3.71. The van der Waals surface area contributed by atoms with Crippen molar-refractivity contribution in [2.75, 3.05) is 0 Å². The van der Waals surface area contributed by atoms with Gasteiger partial charge in [-0.25, -0.2) is 4.79 Å². The molecule has 98 valence electrons. The highest BCUT2D eigenvalue weighted by Gasteiger charge is 2.03. The van der Waals surface area contributed by atoms with Crippen LogP contribution in [0.15, 0.2) is 46.7 Å². The molecule has 1 aromatic carbocycles. The van der Waals surface area contributed by atoms with Crippen molar-refractivity contribution in [3.8, 4) is 0 Å². The summed E-state index contributed by atoms with van der Waals surface area (Å²) in [6.07, 6.45) is 2.80. The van der Waals surface area contributed by atoms with E-state index in [1.807, 2.05) is 35.7 Å². The zero-order valence-electron chi connectivity index (χ0n) is 9.88. The van der Waals surface area contributed by atoms with Crippen molar-refractivity contribution in [2.45, 2.75) is 10.6 Å². The Morgan fingerprint density at radius 3 is 2.74 bits per heavy atom. The molecular weight excluding hydrogens is 300 g/mol. The van der Waals surface area contributed by atoms with E-state index in [0.29, 0.717) is 0 Å². The number of rotatable bonds is 5. The van der Waals surface area contributed by atoms with E-state index in [1.165, 1.54) is 6.08 Å². The molecule has 1 aromatic heterocycles. The van der Waals surface area contributed by atoms with Gasteiger partial charge in [0.1, 0.15) is 0 Å². The molecule has 2 nitrogen and oxygen atoms in total. The lowest BCUT2D eigenvalue weighted by Crippen LogP contribution is -1.86. The third-order valence-electron chi connectivity index (χ3n) is 2.37. The van der Waals surface area contributed by atoms with Gasteiger partial charge in [0.05, 0.1) is 0 Å². The van der Waals surface area contributed by atoms with E-state index in [-0.39, 0.29) is 0 Å². The lowest BCUT2D eigenvalue weighted by atomic mass is 10.2. The Morgan fingerprint density at radius 1 is 1.32 bits per heavy atom. The summed E-state index contributed by atoms with van der Waals surface area (Å²) in [4.78, 5) is 12.8. The quantitative estimate of drug-likeness (QED) is 0.637. The van der Waals surface area contributed by atoms with Gasteiger partial charge < -0.3 is 5.11 Å². The van der Waals surface area contributed by atoms with Crippen LogP contribution < -0.4 is 0 Å². The first-order chi connectivity index (χ1) is 9.15. The van der Waals surface area contributed by atoms with E-state index in [1.54, 1.807) is 29.2 Å². The summed E-state index contributed by atoms with van der Waals surface area (Å²) in [7, 11) is 0. The fraction of sp³-hybridized carbons (Fsp3) is 0.0714. The minimum atomic E-state index is -0.928. The third kappa shape index (κ3) is 4.42. The minimum absolute atomic E-state index is 0.727. The number of benzene rings is 1. The van der Waals surface area contributed by atoms with Crippen LogP contribution in [0.4, 0.5) is 0 Å².